The van der Waals surface area contributed by atoms with Gasteiger partial charge < -0.3 is 15.2 Å². The summed E-state index contributed by atoms with van der Waals surface area (Å²) < 4.78 is 4.95. The highest BCUT2D eigenvalue weighted by atomic mass is 16.5. The number of carbonyl (C=O) groups excluding carboxylic acids is 1. The molecule has 2 aromatic heterocycles. The van der Waals surface area contributed by atoms with Gasteiger partial charge in [-0.1, -0.05) is 5.16 Å². The van der Waals surface area contributed by atoms with E-state index < -0.39 is 0 Å². The molecule has 94 valence electrons. The zero-order valence-electron chi connectivity index (χ0n) is 10.4. The Morgan fingerprint density at radius 2 is 2.11 bits per heavy atom. The molecular formula is C12H14N4O2. The highest BCUT2D eigenvalue weighted by Crippen LogP contribution is 2.15. The summed E-state index contributed by atoms with van der Waals surface area (Å²) in [6.45, 7) is 3.44. The second-order valence-corrected chi connectivity index (χ2v) is 3.84. The van der Waals surface area contributed by atoms with Gasteiger partial charge in [0.2, 0.25) is 0 Å². The van der Waals surface area contributed by atoms with Crippen LogP contribution in [0.15, 0.2) is 22.9 Å². The number of hydrogen-bond donors (Lipinski definition) is 2. The lowest BCUT2D eigenvalue weighted by molar-refractivity contribution is 0.102. The zero-order chi connectivity index (χ0) is 13.1. The molecule has 0 bridgehead atoms. The maximum absolute atomic E-state index is 12.0. The predicted octanol–water partition coefficient (Wildman–Crippen LogP) is 1.98. The number of rotatable bonds is 3. The van der Waals surface area contributed by atoms with Crippen LogP contribution in [0.3, 0.4) is 0 Å². The van der Waals surface area contributed by atoms with Crippen molar-refractivity contribution in [3.8, 4) is 0 Å². The summed E-state index contributed by atoms with van der Waals surface area (Å²) in [4.78, 5) is 16.1. The molecule has 0 radical (unpaired) electrons. The number of nitrogens with zero attached hydrogens (tertiary/aromatic N) is 2. The standard InChI is InChI=1S/C12H14N4O2/c1-7-11(8(2)18-16-7)12(17)15-9-4-5-10(13-3)14-6-9/h4-6H,1-3H3,(H,13,14)(H,15,17). The molecule has 0 fully saturated rings. The van der Waals surface area contributed by atoms with E-state index in [9.17, 15) is 4.79 Å². The van der Waals surface area contributed by atoms with Crippen molar-refractivity contribution in [2.45, 2.75) is 13.8 Å². The minimum Gasteiger partial charge on any atom is -0.373 e. The lowest BCUT2D eigenvalue weighted by atomic mass is 10.2. The molecule has 0 atom stereocenters. The van der Waals surface area contributed by atoms with Crippen molar-refractivity contribution >= 4 is 17.4 Å². The fourth-order valence-electron chi connectivity index (χ4n) is 1.62. The zero-order valence-corrected chi connectivity index (χ0v) is 10.4. The number of hydrogen-bond acceptors (Lipinski definition) is 5. The Morgan fingerprint density at radius 3 is 2.61 bits per heavy atom. The highest BCUT2D eigenvalue weighted by molar-refractivity contribution is 6.05. The Balaban J connectivity index is 2.16. The molecule has 0 aliphatic carbocycles. The number of anilines is 2. The molecule has 0 aliphatic heterocycles. The first-order valence-electron chi connectivity index (χ1n) is 5.50. The average molecular weight is 246 g/mol. The third-order valence-corrected chi connectivity index (χ3v) is 2.54. The van der Waals surface area contributed by atoms with Gasteiger partial charge in [-0.15, -0.1) is 0 Å². The van der Waals surface area contributed by atoms with E-state index in [1.54, 1.807) is 39.2 Å². The van der Waals surface area contributed by atoms with Crippen molar-refractivity contribution in [1.29, 1.82) is 0 Å². The fraction of sp³-hybridized carbons (Fsp3) is 0.250. The minimum atomic E-state index is -0.245. The lowest BCUT2D eigenvalue weighted by Gasteiger charge is -2.05. The first kappa shape index (κ1) is 12.1. The van der Waals surface area contributed by atoms with E-state index in [-0.39, 0.29) is 5.91 Å². The van der Waals surface area contributed by atoms with E-state index in [4.69, 9.17) is 4.52 Å². The largest absolute Gasteiger partial charge is 0.373 e. The van der Waals surface area contributed by atoms with Gasteiger partial charge in [0.25, 0.3) is 5.91 Å². The summed E-state index contributed by atoms with van der Waals surface area (Å²) in [7, 11) is 1.78. The van der Waals surface area contributed by atoms with Gasteiger partial charge in [-0.25, -0.2) is 4.98 Å². The van der Waals surface area contributed by atoms with Crippen molar-refractivity contribution in [2.24, 2.45) is 0 Å². The van der Waals surface area contributed by atoms with Gasteiger partial charge in [0.1, 0.15) is 17.1 Å². The molecule has 0 aliphatic rings. The topological polar surface area (TPSA) is 80.0 Å². The normalized spacial score (nSPS) is 10.2. The summed E-state index contributed by atoms with van der Waals surface area (Å²) in [5.41, 5.74) is 1.66. The van der Waals surface area contributed by atoms with Crippen LogP contribution in [-0.4, -0.2) is 23.1 Å². The third kappa shape index (κ3) is 2.32. The minimum absolute atomic E-state index is 0.245. The molecule has 2 aromatic rings. The molecule has 0 unspecified atom stereocenters. The van der Waals surface area contributed by atoms with E-state index in [2.05, 4.69) is 20.8 Å². The second kappa shape index (κ2) is 4.87. The smallest absolute Gasteiger partial charge is 0.261 e. The van der Waals surface area contributed by atoms with Gasteiger partial charge in [-0.2, -0.15) is 0 Å². The third-order valence-electron chi connectivity index (χ3n) is 2.54. The van der Waals surface area contributed by atoms with Gasteiger partial charge in [0, 0.05) is 7.05 Å². The van der Waals surface area contributed by atoms with E-state index in [1.807, 2.05) is 0 Å². The molecule has 1 amide bonds. The highest BCUT2D eigenvalue weighted by Gasteiger charge is 2.17. The van der Waals surface area contributed by atoms with Crippen LogP contribution in [0.5, 0.6) is 0 Å². The molecule has 0 aromatic carbocycles. The van der Waals surface area contributed by atoms with Crippen LogP contribution < -0.4 is 10.6 Å². The molecular weight excluding hydrogens is 232 g/mol. The Kier molecular flexibility index (Phi) is 3.27. The van der Waals surface area contributed by atoms with Crippen molar-refractivity contribution in [1.82, 2.24) is 10.1 Å². The van der Waals surface area contributed by atoms with Gasteiger partial charge in [-0.05, 0) is 26.0 Å². The predicted molar refractivity (Wildman–Crippen MR) is 67.7 cm³/mol. The summed E-state index contributed by atoms with van der Waals surface area (Å²) in [6.07, 6.45) is 1.59. The van der Waals surface area contributed by atoms with Crippen LogP contribution in [0.4, 0.5) is 11.5 Å². The molecule has 0 saturated carbocycles. The second-order valence-electron chi connectivity index (χ2n) is 3.84. The maximum atomic E-state index is 12.0. The van der Waals surface area contributed by atoms with Crippen molar-refractivity contribution < 1.29 is 9.32 Å². The van der Waals surface area contributed by atoms with Crippen LogP contribution in [0.1, 0.15) is 21.8 Å². The van der Waals surface area contributed by atoms with Gasteiger partial charge in [-0.3, -0.25) is 4.79 Å². The molecule has 6 heteroatoms. The van der Waals surface area contributed by atoms with Gasteiger partial charge in [0.15, 0.2) is 0 Å². The number of aryl methyl sites for hydroxylation is 2. The van der Waals surface area contributed by atoms with Crippen molar-refractivity contribution in [2.75, 3.05) is 17.7 Å². The van der Waals surface area contributed by atoms with Crippen LogP contribution in [0.25, 0.3) is 0 Å². The van der Waals surface area contributed by atoms with Crippen molar-refractivity contribution in [3.63, 3.8) is 0 Å². The number of pyridine rings is 1. The SMILES string of the molecule is CNc1ccc(NC(=O)c2c(C)noc2C)cn1. The molecule has 2 heterocycles. The van der Waals surface area contributed by atoms with Crippen molar-refractivity contribution in [3.05, 3.63) is 35.3 Å². The van der Waals surface area contributed by atoms with Crippen LogP contribution in [0.2, 0.25) is 0 Å². The molecule has 0 spiro atoms. The number of aromatic nitrogens is 2. The Morgan fingerprint density at radius 1 is 1.33 bits per heavy atom. The number of nitrogens with one attached hydrogen (secondary N) is 2. The Hall–Kier alpha value is -2.37. The molecule has 18 heavy (non-hydrogen) atoms. The lowest BCUT2D eigenvalue weighted by Crippen LogP contribution is -2.13. The summed E-state index contributed by atoms with van der Waals surface area (Å²) >= 11 is 0. The summed E-state index contributed by atoms with van der Waals surface area (Å²) in [6, 6.07) is 3.55. The summed E-state index contributed by atoms with van der Waals surface area (Å²) in [5.74, 6) is 1.00. The monoisotopic (exact) mass is 246 g/mol. The molecule has 0 saturated heterocycles. The molecule has 2 rings (SSSR count). The molecule has 6 nitrogen and oxygen atoms in total. The van der Waals surface area contributed by atoms with E-state index in [1.165, 1.54) is 0 Å². The average Bonchev–Trinajstić information content (AvgIpc) is 2.70. The van der Waals surface area contributed by atoms with Crippen LogP contribution in [0, 0.1) is 13.8 Å². The molecule has 2 N–H and O–H groups in total. The van der Waals surface area contributed by atoms with Crippen LogP contribution >= 0.6 is 0 Å². The fourth-order valence-corrected chi connectivity index (χ4v) is 1.62. The Labute approximate surface area is 104 Å². The first-order chi connectivity index (χ1) is 8.61. The maximum Gasteiger partial charge on any atom is 0.261 e. The number of carbonyl (C=O) groups is 1. The number of amides is 1. The quantitative estimate of drug-likeness (QED) is 0.865. The van der Waals surface area contributed by atoms with Gasteiger partial charge >= 0.3 is 0 Å². The van der Waals surface area contributed by atoms with E-state index >= 15 is 0 Å². The van der Waals surface area contributed by atoms with Crippen LogP contribution in [-0.2, 0) is 0 Å². The van der Waals surface area contributed by atoms with Gasteiger partial charge in [0.05, 0.1) is 17.6 Å². The Bertz CT molecular complexity index is 540. The van der Waals surface area contributed by atoms with E-state index in [0.717, 1.165) is 5.82 Å². The first-order valence-corrected chi connectivity index (χ1v) is 5.50. The summed E-state index contributed by atoms with van der Waals surface area (Å²) in [5, 5.41) is 9.40. The van der Waals surface area contributed by atoms with E-state index in [0.29, 0.717) is 22.7 Å².